The topological polar surface area (TPSA) is 102 Å². The van der Waals surface area contributed by atoms with E-state index in [1.165, 1.54) is 25.3 Å². The minimum absolute atomic E-state index is 0.0117. The van der Waals surface area contributed by atoms with Gasteiger partial charge in [-0.1, -0.05) is 11.6 Å². The highest BCUT2D eigenvalue weighted by Crippen LogP contribution is 2.25. The first-order valence-corrected chi connectivity index (χ1v) is 8.94. The monoisotopic (exact) mass is 326 g/mol. The van der Waals surface area contributed by atoms with Crippen molar-refractivity contribution in [2.75, 3.05) is 6.54 Å². The fourth-order valence-corrected chi connectivity index (χ4v) is 3.79. The number of carbonyl (C=O) groups is 1. The van der Waals surface area contributed by atoms with E-state index in [0.29, 0.717) is 6.54 Å². The summed E-state index contributed by atoms with van der Waals surface area (Å²) < 4.78 is 28.5. The molecule has 0 saturated carbocycles. The van der Waals surface area contributed by atoms with Gasteiger partial charge in [0.2, 0.25) is 10.0 Å². The molecule has 0 spiro atoms. The van der Waals surface area contributed by atoms with E-state index in [1.807, 2.05) is 0 Å². The first kappa shape index (κ1) is 16.8. The molecule has 2 rings (SSSR count). The van der Waals surface area contributed by atoms with Crippen molar-refractivity contribution in [3.63, 3.8) is 0 Å². The molecule has 0 fully saturated rings. The van der Waals surface area contributed by atoms with E-state index in [2.05, 4.69) is 11.4 Å². The first-order chi connectivity index (χ1) is 10.3. The van der Waals surface area contributed by atoms with Gasteiger partial charge in [0.1, 0.15) is 22.0 Å². The van der Waals surface area contributed by atoms with E-state index in [-0.39, 0.29) is 22.0 Å². The highest BCUT2D eigenvalue weighted by Gasteiger charge is 2.28. The second kappa shape index (κ2) is 6.66. The van der Waals surface area contributed by atoms with Gasteiger partial charge in [0.15, 0.2) is 0 Å². The SMILES string of the molecule is Cc1oc(C)c(S(N)(=O)=O)c1C(=O)NCCC1=CCCCC1. The maximum absolute atomic E-state index is 12.3. The highest BCUT2D eigenvalue weighted by molar-refractivity contribution is 7.89. The van der Waals surface area contributed by atoms with Gasteiger partial charge in [-0.15, -0.1) is 0 Å². The Morgan fingerprint density at radius 1 is 1.32 bits per heavy atom. The van der Waals surface area contributed by atoms with Crippen LogP contribution in [-0.2, 0) is 10.0 Å². The number of aryl methyl sites for hydroxylation is 2. The van der Waals surface area contributed by atoms with Gasteiger partial charge >= 0.3 is 0 Å². The van der Waals surface area contributed by atoms with Crippen molar-refractivity contribution in [3.8, 4) is 0 Å². The van der Waals surface area contributed by atoms with E-state index in [0.717, 1.165) is 19.3 Å². The second-order valence-corrected chi connectivity index (χ2v) is 7.08. The fraction of sp³-hybridized carbons (Fsp3) is 0.533. The molecule has 122 valence electrons. The van der Waals surface area contributed by atoms with Crippen LogP contribution in [0.4, 0.5) is 0 Å². The number of amides is 1. The van der Waals surface area contributed by atoms with Crippen LogP contribution < -0.4 is 10.5 Å². The van der Waals surface area contributed by atoms with Gasteiger partial charge in [0, 0.05) is 6.54 Å². The number of hydrogen-bond acceptors (Lipinski definition) is 4. The van der Waals surface area contributed by atoms with Crippen LogP contribution in [0.1, 0.15) is 54.0 Å². The number of sulfonamides is 1. The van der Waals surface area contributed by atoms with Gasteiger partial charge in [0.25, 0.3) is 5.91 Å². The summed E-state index contributed by atoms with van der Waals surface area (Å²) in [6.07, 6.45) is 7.59. The lowest BCUT2D eigenvalue weighted by atomic mass is 9.97. The summed E-state index contributed by atoms with van der Waals surface area (Å²) in [7, 11) is -4.00. The Morgan fingerprint density at radius 2 is 2.05 bits per heavy atom. The third-order valence-corrected chi connectivity index (χ3v) is 4.89. The minimum atomic E-state index is -4.00. The third-order valence-electron chi connectivity index (χ3n) is 3.83. The molecule has 0 bridgehead atoms. The van der Waals surface area contributed by atoms with Crippen molar-refractivity contribution in [1.29, 1.82) is 0 Å². The van der Waals surface area contributed by atoms with Crippen LogP contribution in [0.3, 0.4) is 0 Å². The van der Waals surface area contributed by atoms with Crippen molar-refractivity contribution < 1.29 is 17.6 Å². The first-order valence-electron chi connectivity index (χ1n) is 7.39. The molecule has 7 heteroatoms. The van der Waals surface area contributed by atoms with Gasteiger partial charge in [-0.05, 0) is 46.0 Å². The predicted molar refractivity (Wildman–Crippen MR) is 83.1 cm³/mol. The largest absolute Gasteiger partial charge is 0.464 e. The van der Waals surface area contributed by atoms with Crippen molar-refractivity contribution in [2.45, 2.75) is 50.8 Å². The van der Waals surface area contributed by atoms with Crippen LogP contribution in [0.5, 0.6) is 0 Å². The van der Waals surface area contributed by atoms with Crippen LogP contribution in [0.2, 0.25) is 0 Å². The second-order valence-electron chi connectivity index (χ2n) is 5.58. The lowest BCUT2D eigenvalue weighted by molar-refractivity contribution is 0.0949. The lowest BCUT2D eigenvalue weighted by Crippen LogP contribution is -2.27. The highest BCUT2D eigenvalue weighted by atomic mass is 32.2. The van der Waals surface area contributed by atoms with E-state index < -0.39 is 15.9 Å². The summed E-state index contributed by atoms with van der Waals surface area (Å²) in [4.78, 5) is 12.1. The molecule has 0 atom stereocenters. The van der Waals surface area contributed by atoms with Gasteiger partial charge < -0.3 is 9.73 Å². The van der Waals surface area contributed by atoms with Crippen molar-refractivity contribution >= 4 is 15.9 Å². The lowest BCUT2D eigenvalue weighted by Gasteiger charge is -2.13. The zero-order valence-corrected chi connectivity index (χ0v) is 13.8. The number of nitrogens with two attached hydrogens (primary N) is 1. The Bertz CT molecular complexity index is 701. The molecule has 0 unspecified atom stereocenters. The molecule has 6 nitrogen and oxygen atoms in total. The summed E-state index contributed by atoms with van der Waals surface area (Å²) in [6.45, 7) is 3.51. The molecule has 0 aliphatic heterocycles. The number of rotatable bonds is 5. The average Bonchev–Trinajstić information content (AvgIpc) is 2.74. The predicted octanol–water partition coefficient (Wildman–Crippen LogP) is 2.16. The summed E-state index contributed by atoms with van der Waals surface area (Å²) in [5, 5.41) is 7.93. The summed E-state index contributed by atoms with van der Waals surface area (Å²) in [5.74, 6) is -0.0640. The number of primary sulfonamides is 1. The molecule has 1 aliphatic carbocycles. The van der Waals surface area contributed by atoms with Crippen molar-refractivity contribution in [3.05, 3.63) is 28.7 Å². The molecule has 3 N–H and O–H groups in total. The number of hydrogen-bond donors (Lipinski definition) is 2. The zero-order valence-electron chi connectivity index (χ0n) is 12.9. The van der Waals surface area contributed by atoms with Crippen LogP contribution in [0.25, 0.3) is 0 Å². The molecule has 1 aliphatic rings. The molecular weight excluding hydrogens is 304 g/mol. The minimum Gasteiger partial charge on any atom is -0.464 e. The Morgan fingerprint density at radius 3 is 2.64 bits per heavy atom. The average molecular weight is 326 g/mol. The smallest absolute Gasteiger partial charge is 0.256 e. The molecule has 1 aromatic rings. The Balaban J connectivity index is 2.08. The van der Waals surface area contributed by atoms with Crippen molar-refractivity contribution in [2.24, 2.45) is 5.14 Å². The van der Waals surface area contributed by atoms with Gasteiger partial charge in [-0.3, -0.25) is 4.79 Å². The standard InChI is InChI=1S/C15H22N2O4S/c1-10-13(14(11(2)21-10)22(16,19)20)15(18)17-9-8-12-6-4-3-5-7-12/h6H,3-5,7-9H2,1-2H3,(H,17,18)(H2,16,19,20). The van der Waals surface area contributed by atoms with Crippen LogP contribution in [-0.4, -0.2) is 20.9 Å². The molecule has 22 heavy (non-hydrogen) atoms. The number of furan rings is 1. The summed E-state index contributed by atoms with van der Waals surface area (Å²) in [6, 6.07) is 0. The van der Waals surface area contributed by atoms with Gasteiger partial charge in [0.05, 0.1) is 0 Å². The molecule has 0 radical (unpaired) electrons. The normalized spacial score (nSPS) is 15.5. The Hall–Kier alpha value is -1.60. The van der Waals surface area contributed by atoms with Crippen LogP contribution in [0, 0.1) is 13.8 Å². The zero-order chi connectivity index (χ0) is 16.3. The van der Waals surface area contributed by atoms with Crippen molar-refractivity contribution in [1.82, 2.24) is 5.32 Å². The fourth-order valence-electron chi connectivity index (χ4n) is 2.83. The molecular formula is C15H22N2O4S. The Labute approximate surface area is 130 Å². The van der Waals surface area contributed by atoms with Crippen LogP contribution in [0.15, 0.2) is 21.0 Å². The number of carbonyl (C=O) groups excluding carboxylic acids is 1. The molecule has 1 amide bonds. The quantitative estimate of drug-likeness (QED) is 0.809. The van der Waals surface area contributed by atoms with E-state index in [4.69, 9.17) is 9.56 Å². The summed E-state index contributed by atoms with van der Waals surface area (Å²) in [5.41, 5.74) is 1.36. The molecule has 0 aromatic carbocycles. The van der Waals surface area contributed by atoms with E-state index >= 15 is 0 Å². The molecule has 0 saturated heterocycles. The molecule has 1 aromatic heterocycles. The van der Waals surface area contributed by atoms with Gasteiger partial charge in [-0.2, -0.15) is 0 Å². The van der Waals surface area contributed by atoms with Crippen LogP contribution >= 0.6 is 0 Å². The molecule has 1 heterocycles. The number of nitrogens with one attached hydrogen (secondary N) is 1. The maximum Gasteiger partial charge on any atom is 0.256 e. The number of allylic oxidation sites excluding steroid dienone is 1. The van der Waals surface area contributed by atoms with E-state index in [9.17, 15) is 13.2 Å². The maximum atomic E-state index is 12.3. The van der Waals surface area contributed by atoms with Gasteiger partial charge in [-0.25, -0.2) is 13.6 Å². The van der Waals surface area contributed by atoms with E-state index in [1.54, 1.807) is 6.92 Å². The summed E-state index contributed by atoms with van der Waals surface area (Å²) >= 11 is 0. The third kappa shape index (κ3) is 3.78. The Kier molecular flexibility index (Phi) is 5.08.